The van der Waals surface area contributed by atoms with Crippen molar-refractivity contribution in [2.24, 2.45) is 0 Å². The van der Waals surface area contributed by atoms with Gasteiger partial charge in [-0.1, -0.05) is 24.3 Å². The Morgan fingerprint density at radius 3 is 2.61 bits per heavy atom. The lowest BCUT2D eigenvalue weighted by Crippen LogP contribution is -2.24. The molecule has 0 fully saturated rings. The summed E-state index contributed by atoms with van der Waals surface area (Å²) in [6.45, 7) is -0.602. The van der Waals surface area contributed by atoms with Crippen molar-refractivity contribution in [1.82, 2.24) is 5.32 Å². The maximum Gasteiger partial charge on any atom is 0.351 e. The number of para-hydroxylation sites is 1. The predicted octanol–water partition coefficient (Wildman–Crippen LogP) is 1.95. The van der Waals surface area contributed by atoms with Crippen LogP contribution in [0.15, 0.2) is 63.8 Å². The van der Waals surface area contributed by atoms with E-state index in [0.717, 1.165) is 0 Å². The zero-order valence-corrected chi connectivity index (χ0v) is 14.9. The number of carbonyl (C=O) groups is 3. The van der Waals surface area contributed by atoms with Gasteiger partial charge in [0.25, 0.3) is 11.8 Å². The second-order valence-corrected chi connectivity index (χ2v) is 5.77. The fraction of sp³-hybridized carbons (Fsp3) is 0.100. The van der Waals surface area contributed by atoms with Crippen molar-refractivity contribution >= 4 is 34.4 Å². The van der Waals surface area contributed by atoms with Gasteiger partial charge in [-0.25, -0.2) is 9.59 Å². The molecule has 0 aliphatic heterocycles. The number of carbonyl (C=O) groups excluding carboxylic acids is 3. The summed E-state index contributed by atoms with van der Waals surface area (Å²) in [5.74, 6) is -1.88. The summed E-state index contributed by atoms with van der Waals surface area (Å²) in [5.41, 5.74) is -0.0632. The molecule has 3 aromatic rings. The van der Waals surface area contributed by atoms with Crippen molar-refractivity contribution in [3.8, 4) is 0 Å². The molecule has 0 atom stereocenters. The Kier molecular flexibility index (Phi) is 5.50. The molecular formula is C20H16N2O6. The lowest BCUT2D eigenvalue weighted by Gasteiger charge is -2.08. The Hall–Kier alpha value is -3.94. The van der Waals surface area contributed by atoms with E-state index in [1.54, 1.807) is 42.5 Å². The summed E-state index contributed by atoms with van der Waals surface area (Å²) in [5, 5.41) is 5.55. The molecule has 142 valence electrons. The fourth-order valence-electron chi connectivity index (χ4n) is 2.49. The van der Waals surface area contributed by atoms with Gasteiger partial charge in [0.15, 0.2) is 6.61 Å². The molecule has 8 heteroatoms. The van der Waals surface area contributed by atoms with Crippen LogP contribution in [0.4, 0.5) is 5.69 Å². The Labute approximate surface area is 159 Å². The summed E-state index contributed by atoms with van der Waals surface area (Å²) in [7, 11) is 1.50. The molecule has 8 nitrogen and oxygen atoms in total. The molecule has 1 heterocycles. The minimum Gasteiger partial charge on any atom is -0.452 e. The van der Waals surface area contributed by atoms with Gasteiger partial charge in [0.05, 0.1) is 0 Å². The van der Waals surface area contributed by atoms with Crippen LogP contribution in [0, 0.1) is 0 Å². The lowest BCUT2D eigenvalue weighted by atomic mass is 10.2. The van der Waals surface area contributed by atoms with Crippen LogP contribution in [0.5, 0.6) is 0 Å². The van der Waals surface area contributed by atoms with Gasteiger partial charge in [0.2, 0.25) is 0 Å². The number of hydrogen-bond acceptors (Lipinski definition) is 6. The molecule has 2 aromatic carbocycles. The minimum atomic E-state index is -0.964. The maximum atomic E-state index is 12.1. The van der Waals surface area contributed by atoms with E-state index in [-0.39, 0.29) is 11.5 Å². The highest BCUT2D eigenvalue weighted by molar-refractivity contribution is 5.98. The summed E-state index contributed by atoms with van der Waals surface area (Å²) < 4.78 is 9.97. The van der Waals surface area contributed by atoms with Crippen LogP contribution < -0.4 is 16.3 Å². The monoisotopic (exact) mass is 380 g/mol. The number of amides is 2. The largest absolute Gasteiger partial charge is 0.452 e. The molecule has 0 radical (unpaired) electrons. The van der Waals surface area contributed by atoms with Crippen LogP contribution in [0.2, 0.25) is 0 Å². The van der Waals surface area contributed by atoms with E-state index in [0.29, 0.717) is 22.2 Å². The molecule has 0 bridgehead atoms. The Morgan fingerprint density at radius 1 is 1.04 bits per heavy atom. The third kappa shape index (κ3) is 4.24. The summed E-state index contributed by atoms with van der Waals surface area (Å²) >= 11 is 0. The Morgan fingerprint density at radius 2 is 1.82 bits per heavy atom. The maximum absolute atomic E-state index is 12.1. The minimum absolute atomic E-state index is 0.298. The molecule has 3 rings (SSSR count). The number of anilines is 1. The molecule has 2 amide bonds. The molecule has 0 unspecified atom stereocenters. The molecule has 0 saturated carbocycles. The zero-order chi connectivity index (χ0) is 20.1. The van der Waals surface area contributed by atoms with Gasteiger partial charge >= 0.3 is 11.6 Å². The van der Waals surface area contributed by atoms with Crippen LogP contribution in [0.3, 0.4) is 0 Å². The van der Waals surface area contributed by atoms with E-state index in [1.165, 1.54) is 19.2 Å². The summed E-state index contributed by atoms with van der Waals surface area (Å²) in [6, 6.07) is 14.3. The second-order valence-electron chi connectivity index (χ2n) is 5.77. The Balaban J connectivity index is 1.65. The fourth-order valence-corrected chi connectivity index (χ4v) is 2.49. The van der Waals surface area contributed by atoms with Gasteiger partial charge in [-0.2, -0.15) is 0 Å². The molecule has 1 aromatic heterocycles. The van der Waals surface area contributed by atoms with Crippen molar-refractivity contribution in [3.63, 3.8) is 0 Å². The van der Waals surface area contributed by atoms with Crippen molar-refractivity contribution in [2.45, 2.75) is 0 Å². The van der Waals surface area contributed by atoms with Crippen LogP contribution in [0.25, 0.3) is 11.0 Å². The SMILES string of the molecule is CNC(=O)c1cccc(NC(=O)COC(=O)c2cc3ccccc3oc2=O)c1. The van der Waals surface area contributed by atoms with E-state index in [9.17, 15) is 19.2 Å². The molecule has 0 aliphatic rings. The smallest absolute Gasteiger partial charge is 0.351 e. The van der Waals surface area contributed by atoms with Crippen molar-refractivity contribution in [2.75, 3.05) is 19.0 Å². The van der Waals surface area contributed by atoms with Gasteiger partial charge < -0.3 is 19.8 Å². The van der Waals surface area contributed by atoms with E-state index < -0.39 is 24.1 Å². The van der Waals surface area contributed by atoms with Crippen LogP contribution in [0.1, 0.15) is 20.7 Å². The Bertz CT molecular complexity index is 1120. The summed E-state index contributed by atoms with van der Waals surface area (Å²) in [6.07, 6.45) is 0. The molecule has 0 aliphatic carbocycles. The average Bonchev–Trinajstić information content (AvgIpc) is 2.71. The van der Waals surface area contributed by atoms with Gasteiger partial charge in [0, 0.05) is 23.7 Å². The number of rotatable bonds is 5. The standard InChI is InChI=1S/C20H16N2O6/c1-21-18(24)13-6-4-7-14(9-13)22-17(23)11-27-19(25)15-10-12-5-2-3-8-16(12)28-20(15)26/h2-10H,11H2,1H3,(H,21,24)(H,22,23). The number of nitrogens with one attached hydrogen (secondary N) is 2. The molecule has 28 heavy (non-hydrogen) atoms. The summed E-state index contributed by atoms with van der Waals surface area (Å²) in [4.78, 5) is 47.7. The highest BCUT2D eigenvalue weighted by Gasteiger charge is 2.17. The van der Waals surface area contributed by atoms with Gasteiger partial charge in [-0.3, -0.25) is 9.59 Å². The second kappa shape index (κ2) is 8.17. The third-order valence-electron chi connectivity index (χ3n) is 3.83. The quantitative estimate of drug-likeness (QED) is 0.516. The highest BCUT2D eigenvalue weighted by atomic mass is 16.5. The van der Waals surface area contributed by atoms with E-state index in [2.05, 4.69) is 10.6 Å². The van der Waals surface area contributed by atoms with Gasteiger partial charge in [0.1, 0.15) is 11.1 Å². The van der Waals surface area contributed by atoms with Crippen molar-refractivity contribution < 1.29 is 23.5 Å². The van der Waals surface area contributed by atoms with Gasteiger partial charge in [-0.05, 0) is 30.3 Å². The van der Waals surface area contributed by atoms with Crippen LogP contribution in [-0.4, -0.2) is 31.4 Å². The number of hydrogen-bond donors (Lipinski definition) is 2. The lowest BCUT2D eigenvalue weighted by molar-refractivity contribution is -0.119. The average molecular weight is 380 g/mol. The number of ether oxygens (including phenoxy) is 1. The number of benzene rings is 2. The predicted molar refractivity (Wildman–Crippen MR) is 101 cm³/mol. The van der Waals surface area contributed by atoms with E-state index in [4.69, 9.17) is 9.15 Å². The van der Waals surface area contributed by atoms with Crippen LogP contribution >= 0.6 is 0 Å². The number of fused-ring (bicyclic) bond motifs is 1. The topological polar surface area (TPSA) is 115 Å². The van der Waals surface area contributed by atoms with Gasteiger partial charge in [-0.15, -0.1) is 0 Å². The molecule has 0 saturated heterocycles. The normalized spacial score (nSPS) is 10.3. The number of esters is 1. The molecule has 2 N–H and O–H groups in total. The zero-order valence-electron chi connectivity index (χ0n) is 14.9. The first-order chi connectivity index (χ1) is 13.5. The first-order valence-corrected chi connectivity index (χ1v) is 8.30. The highest BCUT2D eigenvalue weighted by Crippen LogP contribution is 2.13. The molecular weight excluding hydrogens is 364 g/mol. The van der Waals surface area contributed by atoms with Crippen molar-refractivity contribution in [1.29, 1.82) is 0 Å². The third-order valence-corrected chi connectivity index (χ3v) is 3.83. The molecule has 0 spiro atoms. The van der Waals surface area contributed by atoms with E-state index >= 15 is 0 Å². The first kappa shape index (κ1) is 18.8. The van der Waals surface area contributed by atoms with E-state index in [1.807, 2.05) is 0 Å². The van der Waals surface area contributed by atoms with Crippen LogP contribution in [-0.2, 0) is 9.53 Å². The first-order valence-electron chi connectivity index (χ1n) is 8.30. The van der Waals surface area contributed by atoms with Crippen molar-refractivity contribution in [3.05, 3.63) is 76.1 Å².